The van der Waals surface area contributed by atoms with E-state index in [0.29, 0.717) is 16.9 Å². The highest BCUT2D eigenvalue weighted by molar-refractivity contribution is 6.00. The smallest absolute Gasteiger partial charge is 0.335 e. The number of hydrogen-bond donors (Lipinski definition) is 3. The normalized spacial score (nSPS) is 10.2. The van der Waals surface area contributed by atoms with Crippen molar-refractivity contribution in [2.75, 3.05) is 10.6 Å². The number of aryl methyl sites for hydroxylation is 2. The summed E-state index contributed by atoms with van der Waals surface area (Å²) in [5.74, 6) is -0.999. The lowest BCUT2D eigenvalue weighted by molar-refractivity contribution is 0.0697. The van der Waals surface area contributed by atoms with Crippen LogP contribution in [0.25, 0.3) is 0 Å². The van der Waals surface area contributed by atoms with E-state index in [0.717, 1.165) is 6.54 Å². The Kier molecular flexibility index (Phi) is 4.22. The van der Waals surface area contributed by atoms with Crippen molar-refractivity contribution in [3.63, 3.8) is 0 Å². The highest BCUT2D eigenvalue weighted by atomic mass is 16.4. The zero-order valence-electron chi connectivity index (χ0n) is 11.8. The third-order valence-corrected chi connectivity index (χ3v) is 2.94. The second-order valence-corrected chi connectivity index (χ2v) is 4.50. The summed E-state index contributed by atoms with van der Waals surface area (Å²) in [6, 6.07) is 4.11. The molecule has 1 aromatic carbocycles. The zero-order valence-corrected chi connectivity index (χ0v) is 11.8. The predicted octanol–water partition coefficient (Wildman–Crippen LogP) is 2.55. The molecule has 0 unspecified atom stereocenters. The van der Waals surface area contributed by atoms with Crippen LogP contribution in [0.3, 0.4) is 0 Å². The third-order valence-electron chi connectivity index (χ3n) is 2.94. The Morgan fingerprint density at radius 2 is 2.10 bits per heavy atom. The van der Waals surface area contributed by atoms with E-state index in [1.54, 1.807) is 30.1 Å². The minimum atomic E-state index is -0.999. The summed E-state index contributed by atoms with van der Waals surface area (Å²) in [5, 5.41) is 18.3. The van der Waals surface area contributed by atoms with Gasteiger partial charge in [-0.3, -0.25) is 4.68 Å². The number of carboxylic acids is 1. The van der Waals surface area contributed by atoms with Gasteiger partial charge in [0, 0.05) is 18.4 Å². The lowest BCUT2D eigenvalue weighted by Crippen LogP contribution is -2.19. The molecule has 0 aliphatic rings. The maximum Gasteiger partial charge on any atom is 0.335 e. The van der Waals surface area contributed by atoms with Gasteiger partial charge in [-0.05, 0) is 37.6 Å². The molecular formula is C14H16N4O3. The lowest BCUT2D eigenvalue weighted by Gasteiger charge is -2.09. The number of nitrogens with zero attached hydrogens (tertiary/aromatic N) is 2. The van der Waals surface area contributed by atoms with Crippen LogP contribution in [0.4, 0.5) is 16.2 Å². The molecule has 7 nitrogen and oxygen atoms in total. The van der Waals surface area contributed by atoms with Crippen molar-refractivity contribution in [2.45, 2.75) is 20.4 Å². The van der Waals surface area contributed by atoms with E-state index >= 15 is 0 Å². The molecule has 21 heavy (non-hydrogen) atoms. The third kappa shape index (κ3) is 3.59. The number of nitrogens with one attached hydrogen (secondary N) is 2. The Bertz CT molecular complexity index is 679. The van der Waals surface area contributed by atoms with E-state index in [1.807, 2.05) is 6.92 Å². The minimum absolute atomic E-state index is 0.183. The van der Waals surface area contributed by atoms with Crippen LogP contribution in [-0.4, -0.2) is 26.9 Å². The van der Waals surface area contributed by atoms with E-state index in [-0.39, 0.29) is 5.56 Å². The maximum absolute atomic E-state index is 11.9. The quantitative estimate of drug-likeness (QED) is 0.805. The second-order valence-electron chi connectivity index (χ2n) is 4.50. The van der Waals surface area contributed by atoms with Crippen LogP contribution in [0, 0.1) is 6.92 Å². The number of aromatic nitrogens is 2. The van der Waals surface area contributed by atoms with Gasteiger partial charge in [-0.2, -0.15) is 5.10 Å². The van der Waals surface area contributed by atoms with Gasteiger partial charge in [-0.15, -0.1) is 0 Å². The van der Waals surface area contributed by atoms with Crippen LogP contribution in [0.15, 0.2) is 30.6 Å². The summed E-state index contributed by atoms with van der Waals surface area (Å²) in [7, 11) is 0. The molecule has 0 atom stereocenters. The second kappa shape index (κ2) is 6.08. The molecule has 0 radical (unpaired) electrons. The summed E-state index contributed by atoms with van der Waals surface area (Å²) >= 11 is 0. The van der Waals surface area contributed by atoms with Crippen LogP contribution in [0.5, 0.6) is 0 Å². The Hall–Kier alpha value is -2.83. The molecule has 0 aliphatic heterocycles. The van der Waals surface area contributed by atoms with Gasteiger partial charge in [0.25, 0.3) is 0 Å². The monoisotopic (exact) mass is 288 g/mol. The van der Waals surface area contributed by atoms with Crippen molar-refractivity contribution < 1.29 is 14.7 Å². The number of benzene rings is 1. The predicted molar refractivity (Wildman–Crippen MR) is 78.7 cm³/mol. The summed E-state index contributed by atoms with van der Waals surface area (Å²) in [5.41, 5.74) is 2.01. The number of carbonyl (C=O) groups excluding carboxylic acids is 1. The van der Waals surface area contributed by atoms with Crippen molar-refractivity contribution in [3.05, 3.63) is 41.7 Å². The fraction of sp³-hybridized carbons (Fsp3) is 0.214. The summed E-state index contributed by atoms with van der Waals surface area (Å²) in [6.07, 6.45) is 3.28. The number of anilines is 2. The molecule has 0 spiro atoms. The van der Waals surface area contributed by atoms with E-state index in [1.165, 1.54) is 12.1 Å². The summed E-state index contributed by atoms with van der Waals surface area (Å²) in [4.78, 5) is 22.7. The van der Waals surface area contributed by atoms with E-state index in [2.05, 4.69) is 15.7 Å². The summed E-state index contributed by atoms with van der Waals surface area (Å²) in [6.45, 7) is 4.40. The molecule has 0 fully saturated rings. The highest BCUT2D eigenvalue weighted by Gasteiger charge is 2.09. The first-order valence-corrected chi connectivity index (χ1v) is 6.44. The van der Waals surface area contributed by atoms with Crippen molar-refractivity contribution in [1.29, 1.82) is 0 Å². The molecule has 0 bridgehead atoms. The fourth-order valence-corrected chi connectivity index (χ4v) is 1.82. The Balaban J connectivity index is 2.04. The summed E-state index contributed by atoms with van der Waals surface area (Å²) < 4.78 is 1.70. The van der Waals surface area contributed by atoms with Gasteiger partial charge in [-0.25, -0.2) is 9.59 Å². The topological polar surface area (TPSA) is 96.2 Å². The van der Waals surface area contributed by atoms with Crippen molar-refractivity contribution in [2.24, 2.45) is 0 Å². The Morgan fingerprint density at radius 3 is 2.67 bits per heavy atom. The van der Waals surface area contributed by atoms with E-state index in [4.69, 9.17) is 5.11 Å². The lowest BCUT2D eigenvalue weighted by atomic mass is 10.1. The van der Waals surface area contributed by atoms with Crippen molar-refractivity contribution >= 4 is 23.4 Å². The van der Waals surface area contributed by atoms with Gasteiger partial charge in [-0.1, -0.05) is 0 Å². The van der Waals surface area contributed by atoms with E-state index in [9.17, 15) is 9.59 Å². The van der Waals surface area contributed by atoms with Crippen molar-refractivity contribution in [1.82, 2.24) is 9.78 Å². The van der Waals surface area contributed by atoms with Crippen LogP contribution >= 0.6 is 0 Å². The number of amides is 2. The first-order chi connectivity index (χ1) is 9.99. The SMILES string of the molecule is CCn1cc(NC(=O)Nc2ccc(C(=O)O)cc2C)cn1. The molecule has 0 saturated carbocycles. The number of carboxylic acid groups (broad SMARTS) is 1. The van der Waals surface area contributed by atoms with Gasteiger partial charge in [0.1, 0.15) is 0 Å². The first kappa shape index (κ1) is 14.6. The van der Waals surface area contributed by atoms with Crippen LogP contribution in [-0.2, 0) is 6.54 Å². The van der Waals surface area contributed by atoms with Crippen LogP contribution < -0.4 is 10.6 Å². The Labute approximate surface area is 121 Å². The molecule has 3 N–H and O–H groups in total. The molecular weight excluding hydrogens is 272 g/mol. The van der Waals surface area contributed by atoms with Crippen LogP contribution in [0.2, 0.25) is 0 Å². The number of hydrogen-bond acceptors (Lipinski definition) is 3. The minimum Gasteiger partial charge on any atom is -0.478 e. The van der Waals surface area contributed by atoms with Gasteiger partial charge < -0.3 is 15.7 Å². The average molecular weight is 288 g/mol. The number of rotatable bonds is 4. The molecule has 2 rings (SSSR count). The number of urea groups is 1. The molecule has 110 valence electrons. The van der Waals surface area contributed by atoms with Crippen molar-refractivity contribution in [3.8, 4) is 0 Å². The molecule has 1 aromatic heterocycles. The van der Waals surface area contributed by atoms with Gasteiger partial charge in [0.05, 0.1) is 17.4 Å². The standard InChI is InChI=1S/C14H16N4O3/c1-3-18-8-11(7-15-18)16-14(21)17-12-5-4-10(13(19)20)6-9(12)2/h4-8H,3H2,1-2H3,(H,19,20)(H2,16,17,21). The molecule has 2 aromatic rings. The fourth-order valence-electron chi connectivity index (χ4n) is 1.82. The van der Waals surface area contributed by atoms with Gasteiger partial charge in [0.2, 0.25) is 0 Å². The van der Waals surface area contributed by atoms with E-state index < -0.39 is 12.0 Å². The molecule has 2 amide bonds. The first-order valence-electron chi connectivity index (χ1n) is 6.44. The highest BCUT2D eigenvalue weighted by Crippen LogP contribution is 2.17. The zero-order chi connectivity index (χ0) is 15.4. The maximum atomic E-state index is 11.9. The van der Waals surface area contributed by atoms with Crippen LogP contribution in [0.1, 0.15) is 22.8 Å². The average Bonchev–Trinajstić information content (AvgIpc) is 2.88. The van der Waals surface area contributed by atoms with Gasteiger partial charge >= 0.3 is 12.0 Å². The molecule has 7 heteroatoms. The molecule has 0 saturated heterocycles. The number of aromatic carboxylic acids is 1. The Morgan fingerprint density at radius 1 is 1.33 bits per heavy atom. The number of carbonyl (C=O) groups is 2. The van der Waals surface area contributed by atoms with Gasteiger partial charge in [0.15, 0.2) is 0 Å². The largest absolute Gasteiger partial charge is 0.478 e. The molecule has 0 aliphatic carbocycles. The molecule has 1 heterocycles.